The average molecular weight is 304 g/mol. The first-order valence-electron chi connectivity index (χ1n) is 8.01. The third kappa shape index (κ3) is 2.90. The molecular weight excluding hydrogens is 280 g/mol. The zero-order valence-corrected chi connectivity index (χ0v) is 13.4. The van der Waals surface area contributed by atoms with Gasteiger partial charge in [0.2, 0.25) is 5.91 Å². The Morgan fingerprint density at radius 2 is 2.32 bits per heavy atom. The molecule has 5 nitrogen and oxygen atoms in total. The molecule has 2 aliphatic rings. The third-order valence-electron chi connectivity index (χ3n) is 4.26. The van der Waals surface area contributed by atoms with Crippen molar-refractivity contribution in [2.24, 2.45) is 5.73 Å². The average Bonchev–Trinajstić information content (AvgIpc) is 3.10. The summed E-state index contributed by atoms with van der Waals surface area (Å²) in [5.74, 6) is 2.06. The highest BCUT2D eigenvalue weighted by atomic mass is 16.5. The van der Waals surface area contributed by atoms with Crippen molar-refractivity contribution in [2.45, 2.75) is 57.7 Å². The molecule has 1 saturated carbocycles. The minimum absolute atomic E-state index is 0.100. The minimum atomic E-state index is -0.475. The molecule has 0 saturated heterocycles. The Morgan fingerprint density at radius 3 is 3.00 bits per heavy atom. The first-order chi connectivity index (χ1) is 10.5. The maximum atomic E-state index is 11.7. The number of benzene rings is 1. The van der Waals surface area contributed by atoms with Gasteiger partial charge in [0.15, 0.2) is 0 Å². The number of carbonyl (C=O) groups excluding carboxylic acids is 1. The molecule has 1 fully saturated rings. The molecule has 4 atom stereocenters. The van der Waals surface area contributed by atoms with Crippen molar-refractivity contribution in [3.63, 3.8) is 0 Å². The number of ether oxygens (including phenoxy) is 2. The number of amides is 1. The second-order valence-corrected chi connectivity index (χ2v) is 6.31. The van der Waals surface area contributed by atoms with Gasteiger partial charge in [-0.2, -0.15) is 0 Å². The summed E-state index contributed by atoms with van der Waals surface area (Å²) in [6.07, 6.45) is 2.06. The normalized spacial score (nSPS) is 26.8. The van der Waals surface area contributed by atoms with Gasteiger partial charge in [0, 0.05) is 29.5 Å². The van der Waals surface area contributed by atoms with Crippen molar-refractivity contribution in [3.8, 4) is 11.5 Å². The quantitative estimate of drug-likeness (QED) is 0.869. The second-order valence-electron chi connectivity index (χ2n) is 6.31. The van der Waals surface area contributed by atoms with Crippen molar-refractivity contribution in [3.05, 3.63) is 23.3 Å². The second kappa shape index (κ2) is 5.80. The number of hydrogen-bond acceptors (Lipinski definition) is 4. The summed E-state index contributed by atoms with van der Waals surface area (Å²) in [6.45, 7) is 6.38. The van der Waals surface area contributed by atoms with Crippen molar-refractivity contribution in [1.29, 1.82) is 0 Å². The summed E-state index contributed by atoms with van der Waals surface area (Å²) in [4.78, 5) is 11.7. The van der Waals surface area contributed by atoms with Gasteiger partial charge in [-0.15, -0.1) is 0 Å². The van der Waals surface area contributed by atoms with Gasteiger partial charge in [-0.05, 0) is 39.3 Å². The zero-order valence-electron chi connectivity index (χ0n) is 13.4. The molecule has 1 aliphatic carbocycles. The molecule has 0 spiro atoms. The smallest absolute Gasteiger partial charge is 0.236 e. The Bertz CT molecular complexity index is 586. The standard InChI is InChI=1S/C17H24N2O3/c1-4-21-16-6-11-5-9(2)22-15(11)8-13(16)12-7-14(12)19-17(20)10(3)18/h6,8-10,12,14H,4-5,7,18H2,1-3H3,(H,19,20)/t9?,10-,12?,14?/m1/s1. The lowest BCUT2D eigenvalue weighted by atomic mass is 10.0. The van der Waals surface area contributed by atoms with Crippen LogP contribution in [-0.2, 0) is 11.2 Å². The molecule has 5 heteroatoms. The van der Waals surface area contributed by atoms with Crippen LogP contribution in [0.4, 0.5) is 0 Å². The Labute approximate surface area is 131 Å². The Morgan fingerprint density at radius 1 is 1.55 bits per heavy atom. The largest absolute Gasteiger partial charge is 0.494 e. The summed E-state index contributed by atoms with van der Waals surface area (Å²) in [6, 6.07) is 3.86. The number of carbonyl (C=O) groups is 1. The fraction of sp³-hybridized carbons (Fsp3) is 0.588. The van der Waals surface area contributed by atoms with E-state index >= 15 is 0 Å². The van der Waals surface area contributed by atoms with E-state index in [0.29, 0.717) is 6.61 Å². The first-order valence-corrected chi connectivity index (χ1v) is 8.01. The Hall–Kier alpha value is -1.75. The van der Waals surface area contributed by atoms with E-state index in [-0.39, 0.29) is 24.0 Å². The Kier molecular flexibility index (Phi) is 4.00. The van der Waals surface area contributed by atoms with E-state index in [1.54, 1.807) is 6.92 Å². The van der Waals surface area contributed by atoms with Gasteiger partial charge in [-0.25, -0.2) is 0 Å². The van der Waals surface area contributed by atoms with Gasteiger partial charge in [-0.1, -0.05) is 0 Å². The molecular formula is C17H24N2O3. The fourth-order valence-corrected chi connectivity index (χ4v) is 3.04. The highest BCUT2D eigenvalue weighted by molar-refractivity contribution is 5.81. The van der Waals surface area contributed by atoms with E-state index in [0.717, 1.165) is 29.9 Å². The molecule has 1 aromatic rings. The van der Waals surface area contributed by atoms with E-state index < -0.39 is 6.04 Å². The van der Waals surface area contributed by atoms with Crippen LogP contribution >= 0.6 is 0 Å². The van der Waals surface area contributed by atoms with Crippen molar-refractivity contribution >= 4 is 5.91 Å². The number of hydrogen-bond donors (Lipinski definition) is 2. The number of nitrogens with two attached hydrogens (primary N) is 1. The zero-order chi connectivity index (χ0) is 15.9. The lowest BCUT2D eigenvalue weighted by Crippen LogP contribution is -2.39. The van der Waals surface area contributed by atoms with Crippen LogP contribution in [0.3, 0.4) is 0 Å². The fourth-order valence-electron chi connectivity index (χ4n) is 3.04. The first kappa shape index (κ1) is 15.2. The summed E-state index contributed by atoms with van der Waals surface area (Å²) in [5, 5.41) is 2.99. The maximum Gasteiger partial charge on any atom is 0.236 e. The van der Waals surface area contributed by atoms with Crippen LogP contribution in [0.5, 0.6) is 11.5 Å². The molecule has 3 N–H and O–H groups in total. The van der Waals surface area contributed by atoms with Gasteiger partial charge in [0.05, 0.1) is 12.6 Å². The van der Waals surface area contributed by atoms with Crippen molar-refractivity contribution in [2.75, 3.05) is 6.61 Å². The molecule has 22 heavy (non-hydrogen) atoms. The van der Waals surface area contributed by atoms with Crippen molar-refractivity contribution in [1.82, 2.24) is 5.32 Å². The summed E-state index contributed by atoms with van der Waals surface area (Å²) in [5.41, 5.74) is 7.94. The molecule has 120 valence electrons. The van der Waals surface area contributed by atoms with Crippen LogP contribution in [0, 0.1) is 0 Å². The molecule has 0 radical (unpaired) electrons. The van der Waals surface area contributed by atoms with E-state index in [1.165, 1.54) is 5.56 Å². The molecule has 3 rings (SSSR count). The van der Waals surface area contributed by atoms with Crippen LogP contribution in [0.1, 0.15) is 44.2 Å². The monoisotopic (exact) mass is 304 g/mol. The van der Waals surface area contributed by atoms with Gasteiger partial charge < -0.3 is 20.5 Å². The molecule has 0 bridgehead atoms. The third-order valence-corrected chi connectivity index (χ3v) is 4.26. The lowest BCUT2D eigenvalue weighted by Gasteiger charge is -2.13. The van der Waals surface area contributed by atoms with E-state index in [2.05, 4.69) is 24.4 Å². The van der Waals surface area contributed by atoms with Crippen LogP contribution in [-0.4, -0.2) is 30.7 Å². The van der Waals surface area contributed by atoms with Crippen LogP contribution in [0.15, 0.2) is 12.1 Å². The maximum absolute atomic E-state index is 11.7. The highest BCUT2D eigenvalue weighted by Gasteiger charge is 2.42. The van der Waals surface area contributed by atoms with E-state index in [1.807, 2.05) is 6.92 Å². The molecule has 1 heterocycles. The van der Waals surface area contributed by atoms with E-state index in [9.17, 15) is 4.79 Å². The van der Waals surface area contributed by atoms with Crippen molar-refractivity contribution < 1.29 is 14.3 Å². The van der Waals surface area contributed by atoms with Gasteiger partial charge in [0.25, 0.3) is 0 Å². The number of fused-ring (bicyclic) bond motifs is 1. The minimum Gasteiger partial charge on any atom is -0.494 e. The predicted molar refractivity (Wildman–Crippen MR) is 84.3 cm³/mol. The van der Waals surface area contributed by atoms with Gasteiger partial charge >= 0.3 is 0 Å². The highest BCUT2D eigenvalue weighted by Crippen LogP contribution is 2.48. The van der Waals surface area contributed by atoms with Gasteiger partial charge in [0.1, 0.15) is 17.6 Å². The SMILES string of the molecule is CCOc1cc2c(cc1C1CC1NC(=O)[C@@H](C)N)OC(C)C2. The molecule has 1 aliphatic heterocycles. The summed E-state index contributed by atoms with van der Waals surface area (Å²) >= 11 is 0. The molecule has 3 unspecified atom stereocenters. The van der Waals surface area contributed by atoms with E-state index in [4.69, 9.17) is 15.2 Å². The summed E-state index contributed by atoms with van der Waals surface area (Å²) < 4.78 is 11.7. The van der Waals surface area contributed by atoms with Crippen LogP contribution in [0.2, 0.25) is 0 Å². The van der Waals surface area contributed by atoms with Crippen LogP contribution < -0.4 is 20.5 Å². The van der Waals surface area contributed by atoms with Gasteiger partial charge in [-0.3, -0.25) is 4.79 Å². The number of nitrogens with one attached hydrogen (secondary N) is 1. The topological polar surface area (TPSA) is 73.6 Å². The molecule has 0 aromatic heterocycles. The lowest BCUT2D eigenvalue weighted by molar-refractivity contribution is -0.122. The van der Waals surface area contributed by atoms with Crippen LogP contribution in [0.25, 0.3) is 0 Å². The molecule has 1 aromatic carbocycles. The number of rotatable bonds is 5. The summed E-state index contributed by atoms with van der Waals surface area (Å²) in [7, 11) is 0. The Balaban J connectivity index is 1.79. The molecule has 1 amide bonds. The predicted octanol–water partition coefficient (Wildman–Crippen LogP) is 1.73.